The lowest BCUT2D eigenvalue weighted by atomic mass is 10.1. The summed E-state index contributed by atoms with van der Waals surface area (Å²) in [7, 11) is 0. The van der Waals surface area contributed by atoms with Crippen molar-refractivity contribution in [3.8, 4) is 0 Å². The van der Waals surface area contributed by atoms with E-state index in [9.17, 15) is 0 Å². The Morgan fingerprint density at radius 1 is 0.967 bits per heavy atom. The second-order valence-electron chi connectivity index (χ2n) is 8.26. The van der Waals surface area contributed by atoms with Gasteiger partial charge in [0.05, 0.1) is 6.61 Å². The van der Waals surface area contributed by atoms with E-state index in [0.717, 1.165) is 33.0 Å². The molecule has 0 aromatic rings. The van der Waals surface area contributed by atoms with Gasteiger partial charge in [0.2, 0.25) is 5.84 Å². The maximum atomic E-state index is 9.07. The lowest BCUT2D eigenvalue weighted by molar-refractivity contribution is -0.521. The van der Waals surface area contributed by atoms with Gasteiger partial charge >= 0.3 is 0 Å². The Morgan fingerprint density at radius 3 is 2.00 bits per heavy atom. The number of aliphatic carboxylic acids is 1. The number of amidine groups is 1. The number of hydrogen-bond acceptors (Lipinski definition) is 4. The minimum atomic E-state index is -1.08. The third kappa shape index (κ3) is 19.9. The smallest absolute Gasteiger partial charge is 0.245 e. The molecule has 0 unspecified atom stereocenters. The Hall–Kier alpha value is -1.36. The van der Waals surface area contributed by atoms with E-state index in [1.807, 2.05) is 0 Å². The highest BCUT2D eigenvalue weighted by molar-refractivity contribution is 5.78. The van der Waals surface area contributed by atoms with Gasteiger partial charge in [-0.05, 0) is 39.0 Å². The van der Waals surface area contributed by atoms with Gasteiger partial charge in [-0.2, -0.15) is 0 Å². The van der Waals surface area contributed by atoms with Crippen molar-refractivity contribution in [2.45, 2.75) is 110 Å². The van der Waals surface area contributed by atoms with Gasteiger partial charge in [-0.1, -0.05) is 76.9 Å². The fourth-order valence-corrected chi connectivity index (χ4v) is 3.74. The average Bonchev–Trinajstić information content (AvgIpc) is 3.14. The number of unbranched alkanes of at least 4 members (excludes halogenated alkanes) is 12. The van der Waals surface area contributed by atoms with E-state index in [0.29, 0.717) is 0 Å². The fourth-order valence-electron chi connectivity index (χ4n) is 3.74. The molecule has 0 spiro atoms. The topological polar surface area (TPSA) is 75.4 Å². The number of aliphatic hydroxyl groups excluding tert-OH is 1. The van der Waals surface area contributed by atoms with Crippen LogP contribution in [0.15, 0.2) is 12.2 Å². The quantitative estimate of drug-likeness (QED) is 0.197. The number of carbonyl (C=O) groups is 1. The molecule has 1 aliphatic rings. The van der Waals surface area contributed by atoms with Crippen LogP contribution in [-0.2, 0) is 4.79 Å². The number of allylic oxidation sites excluding steroid dienone is 2. The Bertz CT molecular complexity index is 457. The van der Waals surface area contributed by atoms with Crippen LogP contribution in [0.1, 0.15) is 110 Å². The van der Waals surface area contributed by atoms with Crippen LogP contribution in [-0.4, -0.2) is 47.7 Å². The zero-order chi connectivity index (χ0) is 22.3. The van der Waals surface area contributed by atoms with Gasteiger partial charge in [0.25, 0.3) is 0 Å². The number of carboxylic acid groups (broad SMARTS) is 1. The summed E-state index contributed by atoms with van der Waals surface area (Å²) >= 11 is 0. The van der Waals surface area contributed by atoms with Gasteiger partial charge in [0, 0.05) is 12.4 Å². The molecular weight excluding hydrogens is 376 g/mol. The summed E-state index contributed by atoms with van der Waals surface area (Å²) in [5.41, 5.74) is 0. The van der Waals surface area contributed by atoms with Gasteiger partial charge in [-0.3, -0.25) is 9.89 Å². The molecule has 0 saturated carbocycles. The monoisotopic (exact) mass is 424 g/mol. The molecule has 0 fully saturated rings. The molecular formula is C25H48N2O3. The zero-order valence-electron chi connectivity index (χ0n) is 19.8. The molecule has 30 heavy (non-hydrogen) atoms. The lowest BCUT2D eigenvalue weighted by Crippen LogP contribution is -2.24. The Balaban J connectivity index is 0.00000192. The first-order valence-electron chi connectivity index (χ1n) is 12.4. The van der Waals surface area contributed by atoms with Crippen molar-refractivity contribution in [2.24, 2.45) is 0 Å². The van der Waals surface area contributed by atoms with Crippen LogP contribution in [0.4, 0.5) is 0 Å². The maximum Gasteiger partial charge on any atom is 0.245 e. The summed E-state index contributed by atoms with van der Waals surface area (Å²) in [5, 5.41) is 21.4. The van der Waals surface area contributed by atoms with Crippen molar-refractivity contribution in [3.63, 3.8) is 0 Å². The van der Waals surface area contributed by atoms with Gasteiger partial charge in [-0.25, -0.2) is 0 Å². The lowest BCUT2D eigenvalue weighted by Gasteiger charge is -2.03. The molecule has 0 amide bonds. The number of carbonyl (C=O) groups excluding carboxylic acids is 1. The van der Waals surface area contributed by atoms with E-state index in [1.54, 1.807) is 0 Å². The number of aliphatic hydroxyl groups is 1. The van der Waals surface area contributed by atoms with Crippen LogP contribution in [0.3, 0.4) is 0 Å². The Morgan fingerprint density at radius 2 is 1.47 bits per heavy atom. The predicted molar refractivity (Wildman–Crippen MR) is 125 cm³/mol. The molecule has 2 N–H and O–H groups in total. The molecule has 176 valence electrons. The third-order valence-electron chi connectivity index (χ3n) is 5.39. The number of β-amino-alcohol motifs (C(OH)–C–C–N with tert-alkyl or cyclic N) is 1. The molecule has 0 atom stereocenters. The van der Waals surface area contributed by atoms with E-state index >= 15 is 0 Å². The Kier molecular flexibility index (Phi) is 21.3. The van der Waals surface area contributed by atoms with Crippen LogP contribution in [0.2, 0.25) is 0 Å². The van der Waals surface area contributed by atoms with Gasteiger partial charge in [-0.15, -0.1) is 0 Å². The van der Waals surface area contributed by atoms with Crippen LogP contribution in [0.5, 0.6) is 0 Å². The van der Waals surface area contributed by atoms with Gasteiger partial charge < -0.3 is 15.0 Å². The first-order valence-corrected chi connectivity index (χ1v) is 12.4. The fraction of sp³-hybridized carbons (Fsp3) is 0.840. The maximum absolute atomic E-state index is 9.07. The van der Waals surface area contributed by atoms with Crippen molar-refractivity contribution < 1.29 is 19.6 Å². The number of nitrogens with zero attached hydrogens (tertiary/aromatic N) is 1. The van der Waals surface area contributed by atoms with Gasteiger partial charge in [0.15, 0.2) is 0 Å². The summed E-state index contributed by atoms with van der Waals surface area (Å²) in [6.45, 7) is 6.40. The second-order valence-corrected chi connectivity index (χ2v) is 8.26. The number of rotatable bonds is 18. The summed E-state index contributed by atoms with van der Waals surface area (Å²) < 4.78 is 2.30. The van der Waals surface area contributed by atoms with E-state index in [-0.39, 0.29) is 6.61 Å². The van der Waals surface area contributed by atoms with Crippen LogP contribution < -0.4 is 10.4 Å². The summed E-state index contributed by atoms with van der Waals surface area (Å²) in [6.07, 6.45) is 25.0. The first-order chi connectivity index (χ1) is 14.6. The van der Waals surface area contributed by atoms with Crippen molar-refractivity contribution >= 4 is 11.8 Å². The molecule has 0 aliphatic carbocycles. The largest absolute Gasteiger partial charge is 0.550 e. The van der Waals surface area contributed by atoms with Crippen LogP contribution >= 0.6 is 0 Å². The standard InChI is InChI=1S/C23H44N2O.C2H4O2/c1-2-3-4-5-6-7-8-9-10-11-12-13-14-15-16-17-18-23-24-19-20-25(23)21-22-26;1-2(3)4/h9-10,26H,2-8,11-22H2,1H3;1H3,(H,3,4)/b10-9-;. The molecule has 1 rings (SSSR count). The van der Waals surface area contributed by atoms with E-state index in [4.69, 9.17) is 15.0 Å². The van der Waals surface area contributed by atoms with Crippen molar-refractivity contribution in [3.05, 3.63) is 12.2 Å². The molecule has 5 heteroatoms. The third-order valence-corrected chi connectivity index (χ3v) is 5.39. The number of nitrogens with one attached hydrogen (secondary N) is 1. The highest BCUT2D eigenvalue weighted by atomic mass is 16.4. The van der Waals surface area contributed by atoms with Crippen LogP contribution in [0.25, 0.3) is 0 Å². The SMILES string of the molecule is CC(=O)[O-].CCCCCCCC/C=C\CCCCCCCCC1=[N+](CCO)CCN1. The van der Waals surface area contributed by atoms with E-state index < -0.39 is 5.97 Å². The molecule has 0 bridgehead atoms. The molecule has 1 heterocycles. The summed E-state index contributed by atoms with van der Waals surface area (Å²) in [4.78, 5) is 8.89. The molecule has 5 nitrogen and oxygen atoms in total. The zero-order valence-corrected chi connectivity index (χ0v) is 19.8. The highest BCUT2D eigenvalue weighted by Crippen LogP contribution is 2.11. The number of hydrogen-bond donors (Lipinski definition) is 2. The second kappa shape index (κ2) is 22.3. The summed E-state index contributed by atoms with van der Waals surface area (Å²) in [5.74, 6) is 0.273. The molecule has 0 aromatic heterocycles. The molecule has 0 aromatic carbocycles. The summed E-state index contributed by atoms with van der Waals surface area (Å²) in [6, 6.07) is 0. The van der Waals surface area contributed by atoms with Gasteiger partial charge in [0.1, 0.15) is 19.6 Å². The van der Waals surface area contributed by atoms with E-state index in [2.05, 4.69) is 29.0 Å². The van der Waals surface area contributed by atoms with Crippen LogP contribution in [0, 0.1) is 0 Å². The van der Waals surface area contributed by atoms with E-state index in [1.165, 1.54) is 95.7 Å². The minimum absolute atomic E-state index is 0.262. The predicted octanol–water partition coefficient (Wildman–Crippen LogP) is 4.18. The average molecular weight is 425 g/mol. The van der Waals surface area contributed by atoms with Crippen molar-refractivity contribution in [1.29, 1.82) is 0 Å². The van der Waals surface area contributed by atoms with Crippen molar-refractivity contribution in [2.75, 3.05) is 26.2 Å². The number of carboxylic acids is 1. The normalized spacial score (nSPS) is 13.4. The molecule has 0 radical (unpaired) electrons. The first kappa shape index (κ1) is 28.6. The highest BCUT2D eigenvalue weighted by Gasteiger charge is 2.19. The molecule has 0 saturated heterocycles. The van der Waals surface area contributed by atoms with Crippen molar-refractivity contribution in [1.82, 2.24) is 5.32 Å². The Labute approximate surface area is 185 Å². The molecule has 1 aliphatic heterocycles. The minimum Gasteiger partial charge on any atom is -0.550 e.